The van der Waals surface area contributed by atoms with Crippen LogP contribution < -0.4 is 0 Å². The molecular weight excluding hydrogens is 350 g/mol. The Morgan fingerprint density at radius 2 is 1.67 bits per heavy atom. The molecule has 1 atom stereocenters. The highest BCUT2D eigenvalue weighted by Gasteiger charge is 2.18. The van der Waals surface area contributed by atoms with Crippen LogP contribution in [0.15, 0.2) is 36.4 Å². The predicted molar refractivity (Wildman–Crippen MR) is 90.4 cm³/mol. The number of alkyl halides is 1. The lowest BCUT2D eigenvalue weighted by atomic mass is 10.2. The maximum absolute atomic E-state index is 6.33. The Hall–Kier alpha value is -0.930. The monoisotopic (exact) mass is 358 g/mol. The van der Waals surface area contributed by atoms with Gasteiger partial charge in [0.25, 0.3) is 0 Å². The Balaban J connectivity index is 2.36. The normalized spacial score (nSPS) is 12.8. The number of fused-ring (bicyclic) bond motifs is 1. The van der Waals surface area contributed by atoms with E-state index in [2.05, 4.69) is 4.98 Å². The summed E-state index contributed by atoms with van der Waals surface area (Å²) in [6.45, 7) is 1.87. The van der Waals surface area contributed by atoms with Gasteiger partial charge < -0.3 is 0 Å². The van der Waals surface area contributed by atoms with E-state index in [1.807, 2.05) is 29.7 Å². The van der Waals surface area contributed by atoms with Crippen LogP contribution in [-0.4, -0.2) is 9.55 Å². The number of nitrogens with zero attached hydrogens (tertiary/aromatic N) is 2. The van der Waals surface area contributed by atoms with Gasteiger partial charge in [-0.2, -0.15) is 0 Å². The molecule has 0 aliphatic carbocycles. The minimum absolute atomic E-state index is 0.275. The van der Waals surface area contributed by atoms with Crippen molar-refractivity contribution in [3.63, 3.8) is 0 Å². The van der Waals surface area contributed by atoms with Gasteiger partial charge in [0.05, 0.1) is 27.1 Å². The van der Waals surface area contributed by atoms with Gasteiger partial charge in [-0.15, -0.1) is 11.6 Å². The largest absolute Gasteiger partial charge is 0.294 e. The van der Waals surface area contributed by atoms with Crippen LogP contribution in [-0.2, 0) is 0 Å². The van der Waals surface area contributed by atoms with Gasteiger partial charge in [-0.25, -0.2) is 4.98 Å². The first-order valence-electron chi connectivity index (χ1n) is 6.25. The molecule has 0 spiro atoms. The molecule has 0 saturated heterocycles. The van der Waals surface area contributed by atoms with Crippen LogP contribution in [0.3, 0.4) is 0 Å². The summed E-state index contributed by atoms with van der Waals surface area (Å²) in [4.78, 5) is 4.57. The molecule has 3 rings (SSSR count). The molecule has 21 heavy (non-hydrogen) atoms. The highest BCUT2D eigenvalue weighted by Crippen LogP contribution is 2.33. The summed E-state index contributed by atoms with van der Waals surface area (Å²) in [5, 5.41) is 1.47. The molecule has 108 valence electrons. The van der Waals surface area contributed by atoms with E-state index in [0.29, 0.717) is 20.9 Å². The molecule has 1 heterocycles. The van der Waals surface area contributed by atoms with Crippen LogP contribution in [0.25, 0.3) is 16.7 Å². The van der Waals surface area contributed by atoms with Gasteiger partial charge in [-0.05, 0) is 43.3 Å². The van der Waals surface area contributed by atoms with E-state index >= 15 is 0 Å². The van der Waals surface area contributed by atoms with Crippen LogP contribution in [0.2, 0.25) is 15.1 Å². The number of halogens is 4. The molecule has 6 heteroatoms. The van der Waals surface area contributed by atoms with Crippen LogP contribution in [0, 0.1) is 0 Å². The van der Waals surface area contributed by atoms with Crippen molar-refractivity contribution >= 4 is 57.4 Å². The Morgan fingerprint density at radius 1 is 1.00 bits per heavy atom. The van der Waals surface area contributed by atoms with Crippen LogP contribution in [0.5, 0.6) is 0 Å². The van der Waals surface area contributed by atoms with E-state index in [9.17, 15) is 0 Å². The number of aromatic nitrogens is 2. The molecule has 0 N–H and O–H groups in total. The lowest BCUT2D eigenvalue weighted by Gasteiger charge is -2.12. The van der Waals surface area contributed by atoms with Gasteiger partial charge in [0.2, 0.25) is 0 Å². The highest BCUT2D eigenvalue weighted by molar-refractivity contribution is 6.36. The third-order valence-corrected chi connectivity index (χ3v) is 4.12. The average Bonchev–Trinajstić information content (AvgIpc) is 2.77. The van der Waals surface area contributed by atoms with Gasteiger partial charge in [0.1, 0.15) is 5.82 Å². The fourth-order valence-electron chi connectivity index (χ4n) is 2.25. The maximum Gasteiger partial charge on any atom is 0.132 e. The van der Waals surface area contributed by atoms with Crippen molar-refractivity contribution < 1.29 is 0 Å². The second-order valence-electron chi connectivity index (χ2n) is 4.65. The molecule has 2 aromatic carbocycles. The Labute approximate surface area is 142 Å². The van der Waals surface area contributed by atoms with Gasteiger partial charge in [0.15, 0.2) is 0 Å². The molecule has 0 aliphatic rings. The highest BCUT2D eigenvalue weighted by atomic mass is 35.5. The molecule has 2 nitrogen and oxygen atoms in total. The molecule has 0 amide bonds. The molecular formula is C15H10Cl4N2. The van der Waals surface area contributed by atoms with E-state index in [1.54, 1.807) is 18.2 Å². The van der Waals surface area contributed by atoms with Crippen LogP contribution >= 0.6 is 46.4 Å². The molecule has 0 bridgehead atoms. The van der Waals surface area contributed by atoms with E-state index in [0.717, 1.165) is 16.7 Å². The standard InChI is InChI=1S/C15H10Cl4N2/c1-8(16)15-20-12-7-10(18)3-5-14(12)21(15)13-4-2-9(17)6-11(13)19/h2-8H,1H3. The van der Waals surface area contributed by atoms with E-state index in [4.69, 9.17) is 46.4 Å². The third-order valence-electron chi connectivity index (χ3n) is 3.15. The van der Waals surface area contributed by atoms with Crippen molar-refractivity contribution in [1.29, 1.82) is 0 Å². The summed E-state index contributed by atoms with van der Waals surface area (Å²) in [7, 11) is 0. The Kier molecular flexibility index (Phi) is 4.06. The predicted octanol–water partition coefficient (Wildman–Crippen LogP) is 6.29. The number of hydrogen-bond acceptors (Lipinski definition) is 1. The first-order valence-corrected chi connectivity index (χ1v) is 7.82. The van der Waals surface area contributed by atoms with Gasteiger partial charge in [-0.3, -0.25) is 4.57 Å². The number of hydrogen-bond donors (Lipinski definition) is 0. The molecule has 0 saturated carbocycles. The van der Waals surface area contributed by atoms with Crippen LogP contribution in [0.1, 0.15) is 18.1 Å². The molecule has 1 unspecified atom stereocenters. The Bertz CT molecular complexity index is 824. The summed E-state index contributed by atoms with van der Waals surface area (Å²) in [5.41, 5.74) is 2.45. The topological polar surface area (TPSA) is 17.8 Å². The van der Waals surface area contributed by atoms with E-state index in [-0.39, 0.29) is 5.38 Å². The zero-order valence-electron chi connectivity index (χ0n) is 10.9. The fourth-order valence-corrected chi connectivity index (χ4v) is 3.06. The minimum Gasteiger partial charge on any atom is -0.294 e. The van der Waals surface area contributed by atoms with Crippen molar-refractivity contribution in [3.8, 4) is 5.69 Å². The van der Waals surface area contributed by atoms with E-state index in [1.165, 1.54) is 0 Å². The molecule has 0 fully saturated rings. The van der Waals surface area contributed by atoms with Crippen molar-refractivity contribution in [2.75, 3.05) is 0 Å². The first-order chi connectivity index (χ1) is 9.97. The van der Waals surface area contributed by atoms with Crippen molar-refractivity contribution in [2.45, 2.75) is 12.3 Å². The van der Waals surface area contributed by atoms with Gasteiger partial charge in [-0.1, -0.05) is 34.8 Å². The lowest BCUT2D eigenvalue weighted by Crippen LogP contribution is -2.02. The average molecular weight is 360 g/mol. The molecule has 0 aliphatic heterocycles. The summed E-state index contributed by atoms with van der Waals surface area (Å²) in [6, 6.07) is 10.9. The van der Waals surface area contributed by atoms with Crippen molar-refractivity contribution in [2.24, 2.45) is 0 Å². The summed E-state index contributed by atoms with van der Waals surface area (Å²) in [6.07, 6.45) is 0. The number of imidazole rings is 1. The van der Waals surface area contributed by atoms with Crippen LogP contribution in [0.4, 0.5) is 0 Å². The Morgan fingerprint density at radius 3 is 2.33 bits per heavy atom. The second-order valence-corrected chi connectivity index (χ2v) is 6.58. The van der Waals surface area contributed by atoms with E-state index < -0.39 is 0 Å². The fraction of sp³-hybridized carbons (Fsp3) is 0.133. The van der Waals surface area contributed by atoms with Crippen molar-refractivity contribution in [3.05, 3.63) is 57.3 Å². The smallest absolute Gasteiger partial charge is 0.132 e. The SMILES string of the molecule is CC(Cl)c1nc2cc(Cl)ccc2n1-c1ccc(Cl)cc1Cl. The second kappa shape index (κ2) is 5.69. The first kappa shape index (κ1) is 15.0. The zero-order valence-corrected chi connectivity index (χ0v) is 14.0. The van der Waals surface area contributed by atoms with Gasteiger partial charge >= 0.3 is 0 Å². The molecule has 1 aromatic heterocycles. The summed E-state index contributed by atoms with van der Waals surface area (Å²) >= 11 is 24.6. The quantitative estimate of drug-likeness (QED) is 0.492. The summed E-state index contributed by atoms with van der Waals surface area (Å²) in [5.74, 6) is 0.707. The van der Waals surface area contributed by atoms with Gasteiger partial charge in [0, 0.05) is 10.0 Å². The lowest BCUT2D eigenvalue weighted by molar-refractivity contribution is 0.883. The zero-order chi connectivity index (χ0) is 15.1. The minimum atomic E-state index is -0.275. The maximum atomic E-state index is 6.33. The number of benzene rings is 2. The molecule has 0 radical (unpaired) electrons. The summed E-state index contributed by atoms with van der Waals surface area (Å²) < 4.78 is 1.93. The third kappa shape index (κ3) is 2.74. The number of rotatable bonds is 2. The molecule has 3 aromatic rings. The van der Waals surface area contributed by atoms with Crippen molar-refractivity contribution in [1.82, 2.24) is 9.55 Å².